The van der Waals surface area contributed by atoms with E-state index in [1.807, 2.05) is 18.2 Å². The predicted octanol–water partition coefficient (Wildman–Crippen LogP) is 0.332. The number of hydrogen-bond acceptors (Lipinski definition) is 4. The summed E-state index contributed by atoms with van der Waals surface area (Å²) in [5, 5.41) is 8.83. The molecule has 1 fully saturated rings. The summed E-state index contributed by atoms with van der Waals surface area (Å²) >= 11 is 0. The van der Waals surface area contributed by atoms with Crippen LogP contribution in [0.15, 0.2) is 24.3 Å². The third-order valence-electron chi connectivity index (χ3n) is 3.40. The number of carbonyl (C=O) groups excluding carboxylic acids is 1. The average molecular weight is 264 g/mol. The molecule has 0 spiro atoms. The van der Waals surface area contributed by atoms with Crippen molar-refractivity contribution in [3.05, 3.63) is 29.8 Å². The largest absolute Gasteiger partial charge is 0.497 e. The number of aliphatic hydroxyl groups excluding tert-OH is 1. The Bertz CT molecular complexity index is 428. The van der Waals surface area contributed by atoms with Crippen molar-refractivity contribution in [2.75, 3.05) is 39.9 Å². The van der Waals surface area contributed by atoms with E-state index in [9.17, 15) is 4.79 Å². The van der Waals surface area contributed by atoms with E-state index in [1.165, 1.54) is 5.56 Å². The van der Waals surface area contributed by atoms with Crippen molar-refractivity contribution >= 4 is 5.91 Å². The second-order valence-electron chi connectivity index (χ2n) is 4.67. The fraction of sp³-hybridized carbons (Fsp3) is 0.500. The molecular weight excluding hydrogens is 244 g/mol. The highest BCUT2D eigenvalue weighted by Crippen LogP contribution is 2.15. The van der Waals surface area contributed by atoms with Gasteiger partial charge < -0.3 is 14.7 Å². The lowest BCUT2D eigenvalue weighted by atomic mass is 10.2. The molecule has 104 valence electrons. The van der Waals surface area contributed by atoms with Gasteiger partial charge >= 0.3 is 0 Å². The number of carbonyl (C=O) groups is 1. The first kappa shape index (κ1) is 13.8. The highest BCUT2D eigenvalue weighted by atomic mass is 16.5. The molecule has 0 radical (unpaired) electrons. The van der Waals surface area contributed by atoms with Crippen molar-refractivity contribution in [1.82, 2.24) is 9.80 Å². The molecule has 0 bridgehead atoms. The van der Waals surface area contributed by atoms with Crippen LogP contribution in [-0.2, 0) is 11.3 Å². The summed E-state index contributed by atoms with van der Waals surface area (Å²) in [4.78, 5) is 15.4. The third-order valence-corrected chi connectivity index (χ3v) is 3.40. The summed E-state index contributed by atoms with van der Waals surface area (Å²) < 4.78 is 5.21. The lowest BCUT2D eigenvalue weighted by molar-refractivity contribution is -0.135. The zero-order valence-electron chi connectivity index (χ0n) is 11.2. The second-order valence-corrected chi connectivity index (χ2v) is 4.67. The van der Waals surface area contributed by atoms with Crippen molar-refractivity contribution in [1.29, 1.82) is 0 Å². The SMILES string of the molecule is COc1cccc(CN2CCN(C(=O)CO)CC2)c1. The van der Waals surface area contributed by atoms with Gasteiger partial charge in [-0.15, -0.1) is 0 Å². The highest BCUT2D eigenvalue weighted by Gasteiger charge is 2.20. The molecule has 1 aromatic carbocycles. The molecule has 1 aliphatic rings. The Morgan fingerprint density at radius 2 is 2.05 bits per heavy atom. The van der Waals surface area contributed by atoms with Crippen LogP contribution in [0, 0.1) is 0 Å². The first-order chi connectivity index (χ1) is 9.22. The van der Waals surface area contributed by atoms with E-state index in [4.69, 9.17) is 9.84 Å². The lowest BCUT2D eigenvalue weighted by Gasteiger charge is -2.34. The summed E-state index contributed by atoms with van der Waals surface area (Å²) in [7, 11) is 1.67. The first-order valence-electron chi connectivity index (χ1n) is 6.47. The van der Waals surface area contributed by atoms with Crippen LogP contribution in [0.1, 0.15) is 5.56 Å². The van der Waals surface area contributed by atoms with E-state index >= 15 is 0 Å². The van der Waals surface area contributed by atoms with Gasteiger partial charge in [-0.2, -0.15) is 0 Å². The van der Waals surface area contributed by atoms with Crippen molar-refractivity contribution < 1.29 is 14.6 Å². The number of ether oxygens (including phenoxy) is 1. The minimum Gasteiger partial charge on any atom is -0.497 e. The minimum atomic E-state index is -0.393. The maximum atomic E-state index is 11.4. The number of nitrogens with zero attached hydrogens (tertiary/aromatic N) is 2. The van der Waals surface area contributed by atoms with Crippen molar-refractivity contribution in [3.63, 3.8) is 0 Å². The van der Waals surface area contributed by atoms with Crippen LogP contribution in [0.2, 0.25) is 0 Å². The normalized spacial score (nSPS) is 16.4. The van der Waals surface area contributed by atoms with E-state index in [0.717, 1.165) is 25.4 Å². The quantitative estimate of drug-likeness (QED) is 0.851. The van der Waals surface area contributed by atoms with Gasteiger partial charge in [0.15, 0.2) is 0 Å². The van der Waals surface area contributed by atoms with E-state index in [2.05, 4.69) is 11.0 Å². The molecule has 0 aliphatic carbocycles. The van der Waals surface area contributed by atoms with Gasteiger partial charge in [-0.1, -0.05) is 12.1 Å². The van der Waals surface area contributed by atoms with Gasteiger partial charge in [0.05, 0.1) is 7.11 Å². The second kappa shape index (κ2) is 6.54. The Morgan fingerprint density at radius 1 is 1.32 bits per heavy atom. The van der Waals surface area contributed by atoms with Gasteiger partial charge in [0, 0.05) is 32.7 Å². The molecule has 0 unspecified atom stereocenters. The Labute approximate surface area is 113 Å². The first-order valence-corrected chi connectivity index (χ1v) is 6.47. The molecule has 0 atom stereocenters. The summed E-state index contributed by atoms with van der Waals surface area (Å²) in [6.45, 7) is 3.51. The van der Waals surface area contributed by atoms with E-state index < -0.39 is 6.61 Å². The molecule has 1 saturated heterocycles. The van der Waals surface area contributed by atoms with Crippen LogP contribution in [0.4, 0.5) is 0 Å². The van der Waals surface area contributed by atoms with Crippen LogP contribution >= 0.6 is 0 Å². The molecule has 2 rings (SSSR count). The Hall–Kier alpha value is -1.59. The fourth-order valence-electron chi connectivity index (χ4n) is 2.28. The highest BCUT2D eigenvalue weighted by molar-refractivity contribution is 5.77. The molecule has 5 nitrogen and oxygen atoms in total. The van der Waals surface area contributed by atoms with Crippen LogP contribution in [-0.4, -0.2) is 60.7 Å². The molecule has 5 heteroatoms. The molecule has 1 heterocycles. The lowest BCUT2D eigenvalue weighted by Crippen LogP contribution is -2.49. The van der Waals surface area contributed by atoms with Crippen LogP contribution in [0.5, 0.6) is 5.75 Å². The molecule has 19 heavy (non-hydrogen) atoms. The number of piperazine rings is 1. The van der Waals surface area contributed by atoms with Gasteiger partial charge in [0.1, 0.15) is 12.4 Å². The fourth-order valence-corrected chi connectivity index (χ4v) is 2.28. The number of benzene rings is 1. The number of aliphatic hydroxyl groups is 1. The van der Waals surface area contributed by atoms with Gasteiger partial charge in [-0.3, -0.25) is 9.69 Å². The Kier molecular flexibility index (Phi) is 4.76. The van der Waals surface area contributed by atoms with Gasteiger partial charge in [-0.05, 0) is 17.7 Å². The maximum Gasteiger partial charge on any atom is 0.248 e. The molecule has 1 aromatic rings. The smallest absolute Gasteiger partial charge is 0.248 e. The molecule has 0 aromatic heterocycles. The monoisotopic (exact) mass is 264 g/mol. The molecular formula is C14H20N2O3. The van der Waals surface area contributed by atoms with E-state index in [0.29, 0.717) is 13.1 Å². The van der Waals surface area contributed by atoms with Crippen LogP contribution in [0.3, 0.4) is 0 Å². The summed E-state index contributed by atoms with van der Waals surface area (Å²) in [6, 6.07) is 8.03. The Balaban J connectivity index is 1.86. The molecule has 1 amide bonds. The number of methoxy groups -OCH3 is 1. The topological polar surface area (TPSA) is 53.0 Å². The van der Waals surface area contributed by atoms with Crippen molar-refractivity contribution in [2.24, 2.45) is 0 Å². The minimum absolute atomic E-state index is 0.180. The van der Waals surface area contributed by atoms with Gasteiger partial charge in [-0.25, -0.2) is 0 Å². The predicted molar refractivity (Wildman–Crippen MR) is 71.9 cm³/mol. The van der Waals surface area contributed by atoms with Gasteiger partial charge in [0.2, 0.25) is 5.91 Å². The maximum absolute atomic E-state index is 11.4. The van der Waals surface area contributed by atoms with Crippen molar-refractivity contribution in [2.45, 2.75) is 6.54 Å². The Morgan fingerprint density at radius 3 is 2.68 bits per heavy atom. The summed E-state index contributed by atoms with van der Waals surface area (Å²) in [5.41, 5.74) is 1.21. The number of amides is 1. The van der Waals surface area contributed by atoms with Gasteiger partial charge in [0.25, 0.3) is 0 Å². The zero-order chi connectivity index (χ0) is 13.7. The summed E-state index contributed by atoms with van der Waals surface area (Å²) in [6.07, 6.45) is 0. The number of rotatable bonds is 4. The third kappa shape index (κ3) is 3.68. The van der Waals surface area contributed by atoms with Crippen LogP contribution in [0.25, 0.3) is 0 Å². The average Bonchev–Trinajstić information content (AvgIpc) is 2.47. The van der Waals surface area contributed by atoms with E-state index in [-0.39, 0.29) is 5.91 Å². The number of hydrogen-bond donors (Lipinski definition) is 1. The molecule has 1 N–H and O–H groups in total. The standard InChI is InChI=1S/C14H20N2O3/c1-19-13-4-2-3-12(9-13)10-15-5-7-16(8-6-15)14(18)11-17/h2-4,9,17H,5-8,10-11H2,1H3. The van der Waals surface area contributed by atoms with Crippen LogP contribution < -0.4 is 4.74 Å². The summed E-state index contributed by atoms with van der Waals surface area (Å²) in [5.74, 6) is 0.688. The van der Waals surface area contributed by atoms with Crippen molar-refractivity contribution in [3.8, 4) is 5.75 Å². The zero-order valence-corrected chi connectivity index (χ0v) is 11.2. The molecule has 1 aliphatic heterocycles. The molecule has 0 saturated carbocycles. The van der Waals surface area contributed by atoms with E-state index in [1.54, 1.807) is 12.0 Å².